The van der Waals surface area contributed by atoms with Crippen LogP contribution in [0.25, 0.3) is 10.9 Å². The summed E-state index contributed by atoms with van der Waals surface area (Å²) in [6.07, 6.45) is 7.60. The Bertz CT molecular complexity index is 885. The molecule has 1 aromatic heterocycles. The van der Waals surface area contributed by atoms with Crippen molar-refractivity contribution in [2.24, 2.45) is 0 Å². The van der Waals surface area contributed by atoms with Crippen LogP contribution in [0, 0.1) is 0 Å². The molecule has 7 nitrogen and oxygen atoms in total. The van der Waals surface area contributed by atoms with E-state index >= 15 is 0 Å². The van der Waals surface area contributed by atoms with Crippen molar-refractivity contribution < 1.29 is 19.1 Å². The van der Waals surface area contributed by atoms with E-state index in [1.165, 1.54) is 13.3 Å². The summed E-state index contributed by atoms with van der Waals surface area (Å²) in [5.74, 6) is -1.09. The lowest BCUT2D eigenvalue weighted by atomic mass is 9.94. The van der Waals surface area contributed by atoms with Gasteiger partial charge in [0, 0.05) is 43.0 Å². The first-order chi connectivity index (χ1) is 14.5. The van der Waals surface area contributed by atoms with Gasteiger partial charge in [-0.25, -0.2) is 4.79 Å². The number of nitrogens with zero attached hydrogens (tertiary/aromatic N) is 1. The SMILES string of the molecule is CCN(C(=O)COC(=O)[C@H](Cc1c[nH]c2ccccc12)NC(C)=O)C1CCCCC1. The number of para-hydroxylation sites is 1. The highest BCUT2D eigenvalue weighted by Gasteiger charge is 2.27. The summed E-state index contributed by atoms with van der Waals surface area (Å²) in [7, 11) is 0. The maximum atomic E-state index is 12.7. The van der Waals surface area contributed by atoms with E-state index in [0.29, 0.717) is 6.54 Å². The van der Waals surface area contributed by atoms with Crippen LogP contribution in [0.4, 0.5) is 0 Å². The van der Waals surface area contributed by atoms with Crippen LogP contribution in [0.5, 0.6) is 0 Å². The van der Waals surface area contributed by atoms with Crippen LogP contribution in [-0.2, 0) is 25.5 Å². The number of aromatic amines is 1. The van der Waals surface area contributed by atoms with Crippen molar-refractivity contribution in [3.8, 4) is 0 Å². The first-order valence-corrected chi connectivity index (χ1v) is 10.8. The molecule has 7 heteroatoms. The molecular weight excluding hydrogens is 382 g/mol. The van der Waals surface area contributed by atoms with Crippen molar-refractivity contribution in [3.05, 3.63) is 36.0 Å². The van der Waals surface area contributed by atoms with Crippen molar-refractivity contribution >= 4 is 28.7 Å². The second kappa shape index (κ2) is 10.3. The minimum Gasteiger partial charge on any atom is -0.454 e. The normalized spacial score (nSPS) is 15.5. The first kappa shape index (κ1) is 21.9. The third-order valence-electron chi connectivity index (χ3n) is 5.78. The summed E-state index contributed by atoms with van der Waals surface area (Å²) in [4.78, 5) is 42.0. The van der Waals surface area contributed by atoms with Gasteiger partial charge in [0.15, 0.2) is 6.61 Å². The Hall–Kier alpha value is -2.83. The quantitative estimate of drug-likeness (QED) is 0.651. The maximum absolute atomic E-state index is 12.7. The lowest BCUT2D eigenvalue weighted by Gasteiger charge is -2.33. The molecule has 1 aliphatic rings. The average Bonchev–Trinajstić information content (AvgIpc) is 3.15. The predicted molar refractivity (Wildman–Crippen MR) is 115 cm³/mol. The van der Waals surface area contributed by atoms with Crippen LogP contribution in [0.1, 0.15) is 51.5 Å². The van der Waals surface area contributed by atoms with Crippen LogP contribution in [-0.4, -0.2) is 52.9 Å². The summed E-state index contributed by atoms with van der Waals surface area (Å²) in [5.41, 5.74) is 1.87. The van der Waals surface area contributed by atoms with E-state index in [9.17, 15) is 14.4 Å². The molecule has 1 atom stereocenters. The van der Waals surface area contributed by atoms with Crippen LogP contribution >= 0.6 is 0 Å². The lowest BCUT2D eigenvalue weighted by molar-refractivity contribution is -0.155. The van der Waals surface area contributed by atoms with Gasteiger partial charge in [-0.3, -0.25) is 9.59 Å². The van der Waals surface area contributed by atoms with E-state index in [2.05, 4.69) is 10.3 Å². The van der Waals surface area contributed by atoms with Crippen LogP contribution in [0.15, 0.2) is 30.5 Å². The molecule has 2 N–H and O–H groups in total. The number of H-pyrrole nitrogens is 1. The molecule has 0 aliphatic heterocycles. The zero-order valence-electron chi connectivity index (χ0n) is 17.8. The minimum atomic E-state index is -0.848. The summed E-state index contributed by atoms with van der Waals surface area (Å²) in [6.45, 7) is 3.62. The minimum absolute atomic E-state index is 0.175. The van der Waals surface area contributed by atoms with Gasteiger partial charge in [-0.15, -0.1) is 0 Å². The fourth-order valence-corrected chi connectivity index (χ4v) is 4.31. The van der Waals surface area contributed by atoms with Crippen molar-refractivity contribution in [1.29, 1.82) is 0 Å². The molecule has 1 aliphatic carbocycles. The highest BCUT2D eigenvalue weighted by molar-refractivity contribution is 5.88. The van der Waals surface area contributed by atoms with E-state index < -0.39 is 12.0 Å². The molecule has 1 saturated carbocycles. The Morgan fingerprint density at radius 1 is 1.20 bits per heavy atom. The molecule has 1 fully saturated rings. The Balaban J connectivity index is 1.63. The van der Waals surface area contributed by atoms with Gasteiger partial charge in [-0.2, -0.15) is 0 Å². The molecule has 0 saturated heterocycles. The Morgan fingerprint density at radius 2 is 1.93 bits per heavy atom. The van der Waals surface area contributed by atoms with Crippen LogP contribution in [0.3, 0.4) is 0 Å². The maximum Gasteiger partial charge on any atom is 0.329 e. The van der Waals surface area contributed by atoms with E-state index in [0.717, 1.165) is 42.1 Å². The number of esters is 1. The molecule has 0 radical (unpaired) electrons. The standard InChI is InChI=1S/C23H31N3O4/c1-3-26(18-9-5-4-6-10-18)22(28)15-30-23(29)21(25-16(2)27)13-17-14-24-20-12-8-7-11-19(17)20/h7-8,11-12,14,18,21,24H,3-6,9-10,13,15H2,1-2H3,(H,25,27)/t21-/m0/s1. The first-order valence-electron chi connectivity index (χ1n) is 10.8. The van der Waals surface area contributed by atoms with Crippen LogP contribution < -0.4 is 5.32 Å². The molecule has 1 heterocycles. The monoisotopic (exact) mass is 413 g/mol. The number of ether oxygens (including phenoxy) is 1. The van der Waals surface area contributed by atoms with E-state index in [1.54, 1.807) is 0 Å². The Morgan fingerprint density at radius 3 is 2.63 bits per heavy atom. The summed E-state index contributed by atoms with van der Waals surface area (Å²) >= 11 is 0. The third-order valence-corrected chi connectivity index (χ3v) is 5.78. The number of rotatable bonds is 8. The fourth-order valence-electron chi connectivity index (χ4n) is 4.31. The Kier molecular flexibility index (Phi) is 7.49. The van der Waals surface area contributed by atoms with Gasteiger partial charge in [0.05, 0.1) is 0 Å². The van der Waals surface area contributed by atoms with Gasteiger partial charge in [-0.05, 0) is 31.4 Å². The number of fused-ring (bicyclic) bond motifs is 1. The van der Waals surface area contributed by atoms with Crippen molar-refractivity contribution in [2.45, 2.75) is 64.5 Å². The molecule has 2 amide bonds. The molecule has 162 valence electrons. The number of hydrogen-bond donors (Lipinski definition) is 2. The van der Waals surface area contributed by atoms with Crippen molar-refractivity contribution in [3.63, 3.8) is 0 Å². The highest BCUT2D eigenvalue weighted by atomic mass is 16.5. The van der Waals surface area contributed by atoms with Gasteiger partial charge >= 0.3 is 5.97 Å². The fraction of sp³-hybridized carbons (Fsp3) is 0.522. The van der Waals surface area contributed by atoms with E-state index in [-0.39, 0.29) is 30.9 Å². The molecule has 3 rings (SSSR count). The predicted octanol–water partition coefficient (Wildman–Crippen LogP) is 2.94. The Labute approximate surface area is 177 Å². The third kappa shape index (κ3) is 5.40. The number of nitrogens with one attached hydrogen (secondary N) is 2. The largest absolute Gasteiger partial charge is 0.454 e. The number of likely N-dealkylation sites (N-methyl/N-ethyl adjacent to an activating group) is 1. The van der Waals surface area contributed by atoms with Gasteiger partial charge in [0.25, 0.3) is 5.91 Å². The number of carbonyl (C=O) groups is 3. The summed E-state index contributed by atoms with van der Waals surface area (Å²) in [6, 6.07) is 7.15. The topological polar surface area (TPSA) is 91.5 Å². The lowest BCUT2D eigenvalue weighted by Crippen LogP contribution is -2.46. The van der Waals surface area contributed by atoms with Crippen LogP contribution in [0.2, 0.25) is 0 Å². The number of aromatic nitrogens is 1. The van der Waals surface area contributed by atoms with Gasteiger partial charge in [-0.1, -0.05) is 37.5 Å². The van der Waals surface area contributed by atoms with Gasteiger partial charge in [0.2, 0.25) is 5.91 Å². The average molecular weight is 414 g/mol. The van der Waals surface area contributed by atoms with E-state index in [1.807, 2.05) is 42.3 Å². The zero-order valence-corrected chi connectivity index (χ0v) is 17.8. The second-order valence-corrected chi connectivity index (χ2v) is 7.90. The van der Waals surface area contributed by atoms with Crippen molar-refractivity contribution in [1.82, 2.24) is 15.2 Å². The number of carbonyl (C=O) groups excluding carboxylic acids is 3. The molecule has 2 aromatic rings. The number of benzene rings is 1. The molecule has 0 unspecified atom stereocenters. The van der Waals surface area contributed by atoms with Crippen molar-refractivity contribution in [2.75, 3.05) is 13.2 Å². The highest BCUT2D eigenvalue weighted by Crippen LogP contribution is 2.23. The van der Waals surface area contributed by atoms with Gasteiger partial charge in [0.1, 0.15) is 6.04 Å². The summed E-state index contributed by atoms with van der Waals surface area (Å²) in [5, 5.41) is 3.65. The molecule has 0 spiro atoms. The summed E-state index contributed by atoms with van der Waals surface area (Å²) < 4.78 is 5.35. The molecule has 30 heavy (non-hydrogen) atoms. The smallest absolute Gasteiger partial charge is 0.329 e. The molecule has 0 bridgehead atoms. The molecular formula is C23H31N3O4. The van der Waals surface area contributed by atoms with E-state index in [4.69, 9.17) is 4.74 Å². The second-order valence-electron chi connectivity index (χ2n) is 7.90. The number of amides is 2. The molecule has 1 aromatic carbocycles. The zero-order chi connectivity index (χ0) is 21.5. The number of hydrogen-bond acceptors (Lipinski definition) is 4. The van der Waals surface area contributed by atoms with Gasteiger partial charge < -0.3 is 19.9 Å².